The van der Waals surface area contributed by atoms with Gasteiger partial charge in [0, 0.05) is 12.4 Å². The number of nitrogens with one attached hydrogen (secondary N) is 2. The van der Waals surface area contributed by atoms with E-state index >= 15 is 0 Å². The molecule has 0 aliphatic heterocycles. The number of aromatic amines is 1. The molecule has 78 valence electrons. The molecule has 0 unspecified atom stereocenters. The van der Waals surface area contributed by atoms with Crippen molar-refractivity contribution in [3.05, 3.63) is 35.0 Å². The number of H-pyrrole nitrogens is 1. The van der Waals surface area contributed by atoms with E-state index in [4.69, 9.17) is 5.73 Å². The minimum Gasteiger partial charge on any atom is -0.397 e. The van der Waals surface area contributed by atoms with Crippen LogP contribution in [-0.4, -0.2) is 15.0 Å². The second kappa shape index (κ2) is 4.31. The van der Waals surface area contributed by atoms with Crippen LogP contribution in [0.1, 0.15) is 5.82 Å². The fourth-order valence-electron chi connectivity index (χ4n) is 1.14. The molecule has 0 saturated carbocycles. The average molecular weight is 268 g/mol. The lowest BCUT2D eigenvalue weighted by Gasteiger charge is -2.06. The van der Waals surface area contributed by atoms with E-state index < -0.39 is 0 Å². The maximum atomic E-state index is 5.58. The number of rotatable bonds is 3. The molecule has 0 saturated heterocycles. The van der Waals surface area contributed by atoms with Crippen LogP contribution in [-0.2, 0) is 6.54 Å². The Hall–Kier alpha value is -1.56. The van der Waals surface area contributed by atoms with Gasteiger partial charge in [0.05, 0.1) is 22.9 Å². The van der Waals surface area contributed by atoms with Crippen LogP contribution in [0.5, 0.6) is 0 Å². The van der Waals surface area contributed by atoms with Crippen molar-refractivity contribution in [3.63, 3.8) is 0 Å². The first-order valence-corrected chi connectivity index (χ1v) is 5.18. The Morgan fingerprint density at radius 2 is 2.33 bits per heavy atom. The van der Waals surface area contributed by atoms with E-state index in [0.29, 0.717) is 12.2 Å². The summed E-state index contributed by atoms with van der Waals surface area (Å²) in [6, 6.07) is 1.80. The zero-order valence-electron chi connectivity index (χ0n) is 7.87. The highest BCUT2D eigenvalue weighted by molar-refractivity contribution is 9.10. The molecule has 2 heterocycles. The summed E-state index contributed by atoms with van der Waals surface area (Å²) in [5, 5.41) is 3.14. The molecule has 5 nitrogen and oxygen atoms in total. The number of aromatic nitrogens is 3. The first-order valence-electron chi connectivity index (χ1n) is 4.39. The maximum absolute atomic E-state index is 5.58. The zero-order valence-corrected chi connectivity index (χ0v) is 9.45. The van der Waals surface area contributed by atoms with Crippen molar-refractivity contribution in [1.82, 2.24) is 15.0 Å². The molecular weight excluding hydrogens is 258 g/mol. The van der Waals surface area contributed by atoms with Gasteiger partial charge in [0.2, 0.25) is 0 Å². The molecule has 6 heteroatoms. The second-order valence-corrected chi connectivity index (χ2v) is 3.84. The third kappa shape index (κ3) is 2.47. The molecule has 0 bridgehead atoms. The van der Waals surface area contributed by atoms with Crippen molar-refractivity contribution >= 4 is 27.4 Å². The normalized spacial score (nSPS) is 10.2. The summed E-state index contributed by atoms with van der Waals surface area (Å²) in [6.45, 7) is 0.600. The van der Waals surface area contributed by atoms with Crippen LogP contribution in [0, 0.1) is 0 Å². The van der Waals surface area contributed by atoms with Gasteiger partial charge in [-0.25, -0.2) is 9.97 Å². The van der Waals surface area contributed by atoms with Crippen molar-refractivity contribution in [1.29, 1.82) is 0 Å². The van der Waals surface area contributed by atoms with Gasteiger partial charge in [-0.1, -0.05) is 0 Å². The largest absolute Gasteiger partial charge is 0.397 e. The van der Waals surface area contributed by atoms with Crippen molar-refractivity contribution in [3.8, 4) is 0 Å². The fourth-order valence-corrected chi connectivity index (χ4v) is 1.65. The molecule has 0 aromatic carbocycles. The molecule has 0 atom stereocenters. The van der Waals surface area contributed by atoms with E-state index in [0.717, 1.165) is 16.1 Å². The summed E-state index contributed by atoms with van der Waals surface area (Å²) >= 11 is 3.38. The standard InChI is InChI=1S/C9H10BrN5/c10-7-3-6(11)4-14-9(7)15-5-8-12-1-2-13-8/h1-4H,5,11H2,(H,12,13)(H,14,15). The smallest absolute Gasteiger partial charge is 0.140 e. The predicted molar refractivity (Wildman–Crippen MR) is 62.3 cm³/mol. The second-order valence-electron chi connectivity index (χ2n) is 2.99. The van der Waals surface area contributed by atoms with Gasteiger partial charge in [-0.3, -0.25) is 0 Å². The van der Waals surface area contributed by atoms with E-state index in [2.05, 4.69) is 36.2 Å². The minimum atomic E-state index is 0.600. The lowest BCUT2D eigenvalue weighted by atomic mass is 10.4. The third-order valence-corrected chi connectivity index (χ3v) is 2.44. The molecule has 15 heavy (non-hydrogen) atoms. The Balaban J connectivity index is 2.05. The van der Waals surface area contributed by atoms with Crippen LogP contribution >= 0.6 is 15.9 Å². The monoisotopic (exact) mass is 267 g/mol. The zero-order chi connectivity index (χ0) is 10.7. The van der Waals surface area contributed by atoms with Crippen LogP contribution < -0.4 is 11.1 Å². The molecule has 0 aliphatic rings. The van der Waals surface area contributed by atoms with Gasteiger partial charge in [0.25, 0.3) is 0 Å². The molecule has 0 radical (unpaired) electrons. The Kier molecular flexibility index (Phi) is 2.86. The van der Waals surface area contributed by atoms with Crippen molar-refractivity contribution < 1.29 is 0 Å². The Labute approximate surface area is 95.3 Å². The highest BCUT2D eigenvalue weighted by Gasteiger charge is 2.02. The van der Waals surface area contributed by atoms with E-state index in [9.17, 15) is 0 Å². The molecule has 0 amide bonds. The maximum Gasteiger partial charge on any atom is 0.140 e. The SMILES string of the molecule is Nc1cnc(NCc2ncc[nH]2)c(Br)c1. The molecule has 2 aromatic heterocycles. The molecule has 0 fully saturated rings. The number of nitrogen functional groups attached to an aromatic ring is 1. The topological polar surface area (TPSA) is 79.6 Å². The number of hydrogen-bond donors (Lipinski definition) is 3. The number of nitrogens with zero attached hydrogens (tertiary/aromatic N) is 2. The van der Waals surface area contributed by atoms with Crippen LogP contribution in [0.4, 0.5) is 11.5 Å². The summed E-state index contributed by atoms with van der Waals surface area (Å²) in [6.07, 6.45) is 5.10. The van der Waals surface area contributed by atoms with Gasteiger partial charge >= 0.3 is 0 Å². The van der Waals surface area contributed by atoms with Gasteiger partial charge in [0.15, 0.2) is 0 Å². The van der Waals surface area contributed by atoms with Crippen LogP contribution in [0.3, 0.4) is 0 Å². The van der Waals surface area contributed by atoms with Crippen LogP contribution in [0.2, 0.25) is 0 Å². The van der Waals surface area contributed by atoms with Gasteiger partial charge in [-0.05, 0) is 22.0 Å². The molecule has 2 aromatic rings. The predicted octanol–water partition coefficient (Wildman–Crippen LogP) is 1.76. The summed E-state index contributed by atoms with van der Waals surface area (Å²) in [4.78, 5) is 11.2. The fraction of sp³-hybridized carbons (Fsp3) is 0.111. The van der Waals surface area contributed by atoms with Gasteiger partial charge in [0.1, 0.15) is 11.6 Å². The van der Waals surface area contributed by atoms with Crippen molar-refractivity contribution in [2.75, 3.05) is 11.1 Å². The molecule has 0 aliphatic carbocycles. The van der Waals surface area contributed by atoms with Gasteiger partial charge in [-0.15, -0.1) is 0 Å². The van der Waals surface area contributed by atoms with E-state index in [1.165, 1.54) is 0 Å². The number of halogens is 1. The summed E-state index contributed by atoms with van der Waals surface area (Å²) in [7, 11) is 0. The molecule has 2 rings (SSSR count). The number of pyridine rings is 1. The Bertz CT molecular complexity index is 440. The van der Waals surface area contributed by atoms with Gasteiger partial charge < -0.3 is 16.0 Å². The minimum absolute atomic E-state index is 0.600. The first-order chi connectivity index (χ1) is 7.25. The molecule has 4 N–H and O–H groups in total. The van der Waals surface area contributed by atoms with E-state index in [1.54, 1.807) is 24.7 Å². The summed E-state index contributed by atoms with van der Waals surface area (Å²) in [5.74, 6) is 1.61. The highest BCUT2D eigenvalue weighted by atomic mass is 79.9. The number of hydrogen-bond acceptors (Lipinski definition) is 4. The van der Waals surface area contributed by atoms with E-state index in [1.807, 2.05) is 0 Å². The van der Waals surface area contributed by atoms with Crippen LogP contribution in [0.15, 0.2) is 29.1 Å². The number of anilines is 2. The number of imidazole rings is 1. The third-order valence-electron chi connectivity index (χ3n) is 1.84. The molecule has 0 spiro atoms. The Morgan fingerprint density at radius 3 is 3.00 bits per heavy atom. The summed E-state index contributed by atoms with van der Waals surface area (Å²) < 4.78 is 0.842. The Morgan fingerprint density at radius 1 is 1.47 bits per heavy atom. The highest BCUT2D eigenvalue weighted by Crippen LogP contribution is 2.21. The molecular formula is C9H10BrN5. The average Bonchev–Trinajstić information content (AvgIpc) is 2.69. The van der Waals surface area contributed by atoms with E-state index in [-0.39, 0.29) is 0 Å². The van der Waals surface area contributed by atoms with Gasteiger partial charge in [-0.2, -0.15) is 0 Å². The lowest BCUT2D eigenvalue weighted by Crippen LogP contribution is -2.03. The van der Waals surface area contributed by atoms with Crippen molar-refractivity contribution in [2.45, 2.75) is 6.54 Å². The first kappa shape index (κ1) is 9.97. The number of nitrogens with two attached hydrogens (primary N) is 1. The quantitative estimate of drug-likeness (QED) is 0.792. The summed E-state index contributed by atoms with van der Waals surface area (Å²) in [5.41, 5.74) is 6.21. The lowest BCUT2D eigenvalue weighted by molar-refractivity contribution is 0.986. The van der Waals surface area contributed by atoms with Crippen molar-refractivity contribution in [2.24, 2.45) is 0 Å². The van der Waals surface area contributed by atoms with Crippen LogP contribution in [0.25, 0.3) is 0 Å².